The topological polar surface area (TPSA) is 116 Å². The van der Waals surface area contributed by atoms with Crippen molar-refractivity contribution >= 4 is 40.4 Å². The smallest absolute Gasteiger partial charge is 0.265 e. The van der Waals surface area contributed by atoms with Crippen LogP contribution in [-0.4, -0.2) is 21.2 Å². The fraction of sp³-hybridized carbons (Fsp3) is 0.0455. The van der Waals surface area contributed by atoms with Crippen molar-refractivity contribution in [3.63, 3.8) is 0 Å². The number of carbonyl (C=O) groups is 2. The van der Waals surface area contributed by atoms with Crippen LogP contribution in [-0.2, 0) is 0 Å². The van der Waals surface area contributed by atoms with E-state index in [2.05, 4.69) is 21.7 Å². The zero-order chi connectivity index (χ0) is 21.0. The summed E-state index contributed by atoms with van der Waals surface area (Å²) >= 11 is 0. The van der Waals surface area contributed by atoms with Gasteiger partial charge in [0.15, 0.2) is 5.65 Å². The maximum atomic E-state index is 13.2. The van der Waals surface area contributed by atoms with Crippen molar-refractivity contribution in [1.29, 1.82) is 5.26 Å². The van der Waals surface area contributed by atoms with Gasteiger partial charge < -0.3 is 5.32 Å². The van der Waals surface area contributed by atoms with Crippen molar-refractivity contribution in [3.05, 3.63) is 80.3 Å². The van der Waals surface area contributed by atoms with Crippen molar-refractivity contribution < 1.29 is 9.59 Å². The highest BCUT2D eigenvalue weighted by atomic mass is 16.2. The minimum absolute atomic E-state index is 0.270. The third-order valence-electron chi connectivity index (χ3n) is 5.23. The average Bonchev–Trinajstić information content (AvgIpc) is 3.25. The lowest BCUT2D eigenvalue weighted by Crippen LogP contribution is -2.34. The number of aromatic nitrogens is 2. The van der Waals surface area contributed by atoms with Gasteiger partial charge in [0.2, 0.25) is 0 Å². The van der Waals surface area contributed by atoms with Gasteiger partial charge in [-0.25, -0.2) is 4.98 Å². The Bertz CT molecular complexity index is 1580. The summed E-state index contributed by atoms with van der Waals surface area (Å²) in [5.74, 6) is -0.892. The molecular weight excluding hydrogens is 382 g/mol. The monoisotopic (exact) mass is 395 g/mol. The van der Waals surface area contributed by atoms with Crippen molar-refractivity contribution in [3.8, 4) is 6.07 Å². The molecule has 8 heteroatoms. The van der Waals surface area contributed by atoms with Gasteiger partial charge in [0.25, 0.3) is 17.4 Å². The Morgan fingerprint density at radius 3 is 2.67 bits per heavy atom. The van der Waals surface area contributed by atoms with E-state index in [1.165, 1.54) is 10.6 Å². The number of imide groups is 1. The first-order valence-corrected chi connectivity index (χ1v) is 9.10. The van der Waals surface area contributed by atoms with Crippen LogP contribution in [0.1, 0.15) is 31.8 Å². The number of hydrogen-bond acceptors (Lipinski definition) is 6. The van der Waals surface area contributed by atoms with E-state index in [9.17, 15) is 19.6 Å². The van der Waals surface area contributed by atoms with Crippen LogP contribution in [0.3, 0.4) is 0 Å². The van der Waals surface area contributed by atoms with E-state index in [4.69, 9.17) is 0 Å². The quantitative estimate of drug-likeness (QED) is 0.497. The summed E-state index contributed by atoms with van der Waals surface area (Å²) in [6, 6.07) is 14.1. The van der Waals surface area contributed by atoms with Gasteiger partial charge in [-0.1, -0.05) is 12.1 Å². The predicted molar refractivity (Wildman–Crippen MR) is 110 cm³/mol. The van der Waals surface area contributed by atoms with Crippen LogP contribution in [0.5, 0.6) is 0 Å². The molecule has 0 bridgehead atoms. The Kier molecular flexibility index (Phi) is 3.66. The second kappa shape index (κ2) is 6.25. The van der Waals surface area contributed by atoms with Crippen molar-refractivity contribution in [2.24, 2.45) is 0 Å². The molecule has 3 heterocycles. The molecule has 4 aromatic rings. The molecule has 2 N–H and O–H groups in total. The average molecular weight is 395 g/mol. The summed E-state index contributed by atoms with van der Waals surface area (Å²) in [5.41, 5.74) is 3.20. The van der Waals surface area contributed by atoms with E-state index in [1.807, 2.05) is 6.07 Å². The molecule has 0 unspecified atom stereocenters. The number of amides is 2. The van der Waals surface area contributed by atoms with Gasteiger partial charge in [-0.05, 0) is 42.8 Å². The Morgan fingerprint density at radius 2 is 1.87 bits per heavy atom. The van der Waals surface area contributed by atoms with Gasteiger partial charge in [0.1, 0.15) is 6.07 Å². The number of nitriles is 1. The summed E-state index contributed by atoms with van der Waals surface area (Å²) in [4.78, 5) is 41.2. The highest BCUT2D eigenvalue weighted by molar-refractivity contribution is 6.21. The lowest BCUT2D eigenvalue weighted by atomic mass is 10.1. The van der Waals surface area contributed by atoms with Gasteiger partial charge in [-0.2, -0.15) is 5.26 Å². The van der Waals surface area contributed by atoms with Crippen molar-refractivity contribution in [2.75, 3.05) is 5.32 Å². The lowest BCUT2D eigenvalue weighted by Gasteiger charge is -2.05. The number of anilines is 1. The van der Waals surface area contributed by atoms with Crippen molar-refractivity contribution in [1.82, 2.24) is 14.7 Å². The number of rotatable bonds is 2. The number of carbonyl (C=O) groups excluding carboxylic acids is 2. The molecule has 0 radical (unpaired) electrons. The zero-order valence-corrected chi connectivity index (χ0v) is 15.7. The number of fused-ring (bicyclic) bond motifs is 4. The summed E-state index contributed by atoms with van der Waals surface area (Å²) in [5, 5.41) is 15.2. The summed E-state index contributed by atoms with van der Waals surface area (Å²) in [7, 11) is 0. The molecule has 0 aliphatic carbocycles. The van der Waals surface area contributed by atoms with Gasteiger partial charge in [-0.3, -0.25) is 24.1 Å². The van der Waals surface area contributed by atoms with Gasteiger partial charge in [0, 0.05) is 11.9 Å². The SMILES string of the molecule is Cc1c(C#N)c2nc3ccccc3n2c(=O)/c1=C\Nc1ccc2c(c1)C(=O)NC2=O. The normalized spacial score (nSPS) is 13.5. The molecule has 144 valence electrons. The molecule has 8 nitrogen and oxygen atoms in total. The largest absolute Gasteiger partial charge is 0.361 e. The second-order valence-electron chi connectivity index (χ2n) is 6.92. The first-order valence-electron chi connectivity index (χ1n) is 9.10. The number of nitrogens with one attached hydrogen (secondary N) is 2. The number of para-hydroxylation sites is 2. The molecule has 30 heavy (non-hydrogen) atoms. The molecule has 0 saturated heterocycles. The number of imidazole rings is 1. The van der Waals surface area contributed by atoms with Crippen LogP contribution < -0.4 is 21.4 Å². The highest BCUT2D eigenvalue weighted by Crippen LogP contribution is 2.21. The minimum atomic E-state index is -0.461. The Morgan fingerprint density at radius 1 is 1.10 bits per heavy atom. The molecule has 5 rings (SSSR count). The van der Waals surface area contributed by atoms with E-state index in [0.29, 0.717) is 44.3 Å². The Balaban J connectivity index is 1.71. The van der Waals surface area contributed by atoms with E-state index in [1.54, 1.807) is 43.3 Å². The molecule has 2 aromatic heterocycles. The van der Waals surface area contributed by atoms with Crippen LogP contribution in [0.2, 0.25) is 0 Å². The van der Waals surface area contributed by atoms with Gasteiger partial charge in [-0.15, -0.1) is 0 Å². The van der Waals surface area contributed by atoms with Crippen molar-refractivity contribution in [2.45, 2.75) is 6.92 Å². The highest BCUT2D eigenvalue weighted by Gasteiger charge is 2.26. The number of pyridine rings is 1. The first-order chi connectivity index (χ1) is 14.5. The maximum absolute atomic E-state index is 13.2. The molecule has 2 amide bonds. The van der Waals surface area contributed by atoms with Crippen LogP contribution in [0.15, 0.2) is 47.3 Å². The Hall–Kier alpha value is -4.51. The molecule has 0 atom stereocenters. The molecule has 2 aromatic carbocycles. The Labute approximate surface area is 169 Å². The molecular formula is C22H13N5O3. The number of nitrogens with zero attached hydrogens (tertiary/aromatic N) is 3. The minimum Gasteiger partial charge on any atom is -0.361 e. The van der Waals surface area contributed by atoms with Crippen LogP contribution in [0.4, 0.5) is 5.69 Å². The third-order valence-corrected chi connectivity index (χ3v) is 5.23. The van der Waals surface area contributed by atoms with Crippen LogP contribution in [0, 0.1) is 18.3 Å². The lowest BCUT2D eigenvalue weighted by molar-refractivity contribution is 0.0879. The number of benzene rings is 2. The molecule has 0 spiro atoms. The van der Waals surface area contributed by atoms with E-state index < -0.39 is 11.8 Å². The third kappa shape index (κ3) is 2.39. The predicted octanol–water partition coefficient (Wildman–Crippen LogP) is 1.48. The van der Waals surface area contributed by atoms with E-state index in [-0.39, 0.29) is 11.1 Å². The summed E-state index contributed by atoms with van der Waals surface area (Å²) < 4.78 is 1.43. The molecule has 1 aliphatic heterocycles. The van der Waals surface area contributed by atoms with E-state index >= 15 is 0 Å². The van der Waals surface area contributed by atoms with Crippen LogP contribution in [0.25, 0.3) is 22.9 Å². The molecule has 0 fully saturated rings. The van der Waals surface area contributed by atoms with E-state index in [0.717, 1.165) is 0 Å². The first kappa shape index (κ1) is 17.6. The fourth-order valence-electron chi connectivity index (χ4n) is 3.70. The molecule has 0 saturated carbocycles. The number of hydrogen-bond donors (Lipinski definition) is 2. The second-order valence-corrected chi connectivity index (χ2v) is 6.92. The fourth-order valence-corrected chi connectivity index (χ4v) is 3.70. The molecule has 1 aliphatic rings. The standard InChI is InChI=1S/C22H13N5O3/c1-11-15(9-23)19-25-17-4-2-3-5-18(17)27(19)22(30)16(11)10-24-12-6-7-13-14(8-12)21(29)26-20(13)28/h2-8,10,24H,1H3,(H,26,28,29)/b16-10-. The summed E-state index contributed by atoms with van der Waals surface area (Å²) in [6.45, 7) is 1.70. The zero-order valence-electron chi connectivity index (χ0n) is 15.7. The van der Waals surface area contributed by atoms with Gasteiger partial charge >= 0.3 is 0 Å². The summed E-state index contributed by atoms with van der Waals surface area (Å²) in [6.07, 6.45) is 1.50. The van der Waals surface area contributed by atoms with Crippen LogP contribution >= 0.6 is 0 Å². The van der Waals surface area contributed by atoms with Gasteiger partial charge in [0.05, 0.1) is 32.9 Å². The maximum Gasteiger partial charge on any atom is 0.265 e.